The summed E-state index contributed by atoms with van der Waals surface area (Å²) >= 11 is 7.95. The highest BCUT2D eigenvalue weighted by Crippen LogP contribution is 2.20. The number of anilines is 1. The number of aryl methyl sites for hydroxylation is 1. The first-order chi connectivity index (χ1) is 12.1. The molecule has 1 aromatic carbocycles. The van der Waals surface area contributed by atoms with E-state index in [0.29, 0.717) is 22.2 Å². The van der Waals surface area contributed by atoms with Gasteiger partial charge in [0.05, 0.1) is 4.91 Å². The van der Waals surface area contributed by atoms with Crippen LogP contribution in [0.3, 0.4) is 0 Å². The van der Waals surface area contributed by atoms with Crippen molar-refractivity contribution in [2.24, 2.45) is 0 Å². The summed E-state index contributed by atoms with van der Waals surface area (Å²) in [5.74, 6) is -0.0890. The molecule has 0 atom stereocenters. The van der Waals surface area contributed by atoms with E-state index in [0.717, 1.165) is 22.4 Å². The normalized spacial score (nSPS) is 11.0. The molecule has 4 nitrogen and oxygen atoms in total. The van der Waals surface area contributed by atoms with Crippen LogP contribution in [0.15, 0.2) is 46.7 Å². The molecule has 1 aromatic heterocycles. The van der Waals surface area contributed by atoms with Gasteiger partial charge in [0.1, 0.15) is 4.32 Å². The van der Waals surface area contributed by atoms with Crippen molar-refractivity contribution in [3.8, 4) is 0 Å². The standard InChI is InChI=1S/C18H18N2O2S3/c1-13-4-6-14(7-5-13)20-17(22)8-9-19-18(23)25-16(12-21)11-15-3-2-10-24-15/h2-7,10-12H,8-9H2,1H3,(H,19,23)(H,20,22)/b16-11+. The number of carbonyl (C=O) groups is 2. The van der Waals surface area contributed by atoms with Crippen molar-refractivity contribution in [3.63, 3.8) is 0 Å². The second kappa shape index (κ2) is 10.1. The molecular formula is C18H18N2O2S3. The van der Waals surface area contributed by atoms with Crippen LogP contribution in [0.5, 0.6) is 0 Å². The first kappa shape index (κ1) is 19.4. The number of allylic oxidation sites excluding steroid dienone is 1. The van der Waals surface area contributed by atoms with E-state index in [1.165, 1.54) is 11.8 Å². The lowest BCUT2D eigenvalue weighted by Gasteiger charge is -2.08. The van der Waals surface area contributed by atoms with Gasteiger partial charge in [0.2, 0.25) is 5.91 Å². The van der Waals surface area contributed by atoms with Crippen molar-refractivity contribution in [3.05, 3.63) is 57.1 Å². The number of rotatable bonds is 7. The van der Waals surface area contributed by atoms with Crippen LogP contribution < -0.4 is 10.6 Å². The lowest BCUT2D eigenvalue weighted by molar-refractivity contribution is -0.116. The molecule has 0 saturated heterocycles. The topological polar surface area (TPSA) is 58.2 Å². The molecule has 2 rings (SSSR count). The minimum absolute atomic E-state index is 0.0890. The highest BCUT2D eigenvalue weighted by atomic mass is 32.2. The quantitative estimate of drug-likeness (QED) is 0.421. The Kier molecular flexibility index (Phi) is 7.84. The summed E-state index contributed by atoms with van der Waals surface area (Å²) in [7, 11) is 0. The van der Waals surface area contributed by atoms with Gasteiger partial charge >= 0.3 is 0 Å². The Hall–Kier alpha value is -1.96. The third-order valence-electron chi connectivity index (χ3n) is 3.11. The predicted molar refractivity (Wildman–Crippen MR) is 111 cm³/mol. The van der Waals surface area contributed by atoms with E-state index in [9.17, 15) is 9.59 Å². The summed E-state index contributed by atoms with van der Waals surface area (Å²) in [5, 5.41) is 7.77. The Morgan fingerprint density at radius 1 is 1.28 bits per heavy atom. The minimum Gasteiger partial charge on any atom is -0.370 e. The van der Waals surface area contributed by atoms with Crippen molar-refractivity contribution in [2.45, 2.75) is 13.3 Å². The third-order valence-corrected chi connectivity index (χ3v) is 5.10. The molecule has 2 aromatic rings. The molecule has 7 heteroatoms. The van der Waals surface area contributed by atoms with E-state index >= 15 is 0 Å². The van der Waals surface area contributed by atoms with Crippen molar-refractivity contribution >= 4 is 63.6 Å². The molecule has 1 amide bonds. The molecule has 25 heavy (non-hydrogen) atoms. The summed E-state index contributed by atoms with van der Waals surface area (Å²) in [6.07, 6.45) is 2.86. The van der Waals surface area contributed by atoms with Crippen LogP contribution in [0.4, 0.5) is 5.69 Å². The lowest BCUT2D eigenvalue weighted by atomic mass is 10.2. The molecule has 0 radical (unpaired) electrons. The Balaban J connectivity index is 1.73. The number of thiocarbonyl (C=S) groups is 1. The molecule has 2 N–H and O–H groups in total. The summed E-state index contributed by atoms with van der Waals surface area (Å²) in [6.45, 7) is 2.41. The number of hydrogen-bond acceptors (Lipinski definition) is 5. The van der Waals surface area contributed by atoms with Crippen LogP contribution in [-0.4, -0.2) is 23.1 Å². The van der Waals surface area contributed by atoms with Gasteiger partial charge < -0.3 is 10.6 Å². The van der Waals surface area contributed by atoms with Crippen LogP contribution in [0.2, 0.25) is 0 Å². The van der Waals surface area contributed by atoms with Gasteiger partial charge in [0.25, 0.3) is 0 Å². The van der Waals surface area contributed by atoms with Crippen molar-refractivity contribution in [2.75, 3.05) is 11.9 Å². The molecule has 130 valence electrons. The summed E-state index contributed by atoms with van der Waals surface area (Å²) in [5.41, 5.74) is 1.92. The van der Waals surface area contributed by atoms with E-state index in [2.05, 4.69) is 10.6 Å². The monoisotopic (exact) mass is 390 g/mol. The number of benzene rings is 1. The van der Waals surface area contributed by atoms with Crippen molar-refractivity contribution < 1.29 is 9.59 Å². The van der Waals surface area contributed by atoms with Gasteiger partial charge in [-0.05, 0) is 36.6 Å². The van der Waals surface area contributed by atoms with E-state index in [4.69, 9.17) is 12.2 Å². The summed E-state index contributed by atoms with van der Waals surface area (Å²) < 4.78 is 0.470. The molecule has 0 aliphatic heterocycles. The number of hydrogen-bond donors (Lipinski definition) is 2. The highest BCUT2D eigenvalue weighted by Gasteiger charge is 2.06. The maximum absolute atomic E-state index is 11.9. The first-order valence-electron chi connectivity index (χ1n) is 7.59. The average Bonchev–Trinajstić information content (AvgIpc) is 3.09. The van der Waals surface area contributed by atoms with E-state index < -0.39 is 0 Å². The smallest absolute Gasteiger partial charge is 0.226 e. The zero-order valence-corrected chi connectivity index (χ0v) is 16.1. The molecule has 0 bridgehead atoms. The molecule has 0 unspecified atom stereocenters. The van der Waals surface area contributed by atoms with Gasteiger partial charge in [-0.25, -0.2) is 0 Å². The summed E-state index contributed by atoms with van der Waals surface area (Å²) in [6, 6.07) is 11.5. The highest BCUT2D eigenvalue weighted by molar-refractivity contribution is 8.26. The second-order valence-electron chi connectivity index (χ2n) is 5.16. The van der Waals surface area contributed by atoms with Crippen LogP contribution in [-0.2, 0) is 9.59 Å². The molecule has 0 saturated carbocycles. The Morgan fingerprint density at radius 2 is 2.04 bits per heavy atom. The number of aldehydes is 1. The van der Waals surface area contributed by atoms with E-state index in [1.54, 1.807) is 17.4 Å². The SMILES string of the molecule is Cc1ccc(NC(=O)CCNC(=S)S/C(C=O)=C/c2cccs2)cc1. The average molecular weight is 391 g/mol. The third kappa shape index (κ3) is 7.21. The molecule has 1 heterocycles. The van der Waals surface area contributed by atoms with Gasteiger partial charge in [-0.3, -0.25) is 9.59 Å². The number of carbonyl (C=O) groups excluding carboxylic acids is 2. The Bertz CT molecular complexity index is 753. The van der Waals surface area contributed by atoms with Gasteiger partial charge in [0, 0.05) is 23.5 Å². The van der Waals surface area contributed by atoms with Crippen LogP contribution in [0.25, 0.3) is 6.08 Å². The fourth-order valence-corrected chi connectivity index (χ4v) is 3.64. The van der Waals surface area contributed by atoms with Crippen molar-refractivity contribution in [1.29, 1.82) is 0 Å². The zero-order chi connectivity index (χ0) is 18.1. The van der Waals surface area contributed by atoms with Gasteiger partial charge in [0.15, 0.2) is 6.29 Å². The maximum Gasteiger partial charge on any atom is 0.226 e. The fraction of sp³-hybridized carbons (Fsp3) is 0.167. The largest absolute Gasteiger partial charge is 0.370 e. The molecule has 0 aliphatic carbocycles. The lowest BCUT2D eigenvalue weighted by Crippen LogP contribution is -2.24. The molecule has 0 aliphatic rings. The molecule has 0 spiro atoms. The Morgan fingerprint density at radius 3 is 2.68 bits per heavy atom. The number of thioether (sulfide) groups is 1. The van der Waals surface area contributed by atoms with Gasteiger partial charge in [-0.15, -0.1) is 11.3 Å². The van der Waals surface area contributed by atoms with Gasteiger partial charge in [-0.1, -0.05) is 47.7 Å². The predicted octanol–water partition coefficient (Wildman–Crippen LogP) is 4.23. The Labute approximate surface area is 160 Å². The zero-order valence-electron chi connectivity index (χ0n) is 13.7. The van der Waals surface area contributed by atoms with Crippen molar-refractivity contribution in [1.82, 2.24) is 5.32 Å². The van der Waals surface area contributed by atoms with Gasteiger partial charge in [-0.2, -0.15) is 0 Å². The number of amides is 1. The fourth-order valence-electron chi connectivity index (χ4n) is 1.88. The second-order valence-corrected chi connectivity index (χ2v) is 7.89. The van der Waals surface area contributed by atoms with Crippen LogP contribution in [0.1, 0.15) is 16.9 Å². The molecule has 0 fully saturated rings. The summed E-state index contributed by atoms with van der Waals surface area (Å²) in [4.78, 5) is 24.6. The maximum atomic E-state index is 11.9. The van der Waals surface area contributed by atoms with Crippen LogP contribution >= 0.6 is 35.3 Å². The number of thiophene rings is 1. The van der Waals surface area contributed by atoms with E-state index in [1.807, 2.05) is 48.7 Å². The number of nitrogens with one attached hydrogen (secondary N) is 2. The first-order valence-corrected chi connectivity index (χ1v) is 9.70. The molecular weight excluding hydrogens is 372 g/mol. The minimum atomic E-state index is -0.0890. The van der Waals surface area contributed by atoms with E-state index in [-0.39, 0.29) is 5.91 Å². The van der Waals surface area contributed by atoms with Crippen LogP contribution in [0, 0.1) is 6.92 Å².